The maximum absolute atomic E-state index is 4.71. The molecule has 0 atom stereocenters. The first-order valence-corrected chi connectivity index (χ1v) is 7.39. The molecule has 0 radical (unpaired) electrons. The molecule has 0 bridgehead atoms. The van der Waals surface area contributed by atoms with Gasteiger partial charge in [0.25, 0.3) is 0 Å². The molecule has 0 aliphatic heterocycles. The van der Waals surface area contributed by atoms with Crippen LogP contribution in [0.25, 0.3) is 0 Å². The van der Waals surface area contributed by atoms with E-state index in [1.807, 2.05) is 11.3 Å². The van der Waals surface area contributed by atoms with Gasteiger partial charge in [0, 0.05) is 30.1 Å². The summed E-state index contributed by atoms with van der Waals surface area (Å²) in [6, 6.07) is 1.29. The lowest BCUT2D eigenvalue weighted by atomic mass is 10.3. The highest BCUT2D eigenvalue weighted by atomic mass is 32.1. The Balaban J connectivity index is 2.04. The number of rotatable bonds is 6. The largest absolute Gasteiger partial charge is 0.346 e. The van der Waals surface area contributed by atoms with Gasteiger partial charge in [-0.25, -0.2) is 4.98 Å². The van der Waals surface area contributed by atoms with Gasteiger partial charge in [0.1, 0.15) is 0 Å². The zero-order valence-electron chi connectivity index (χ0n) is 11.3. The zero-order valence-corrected chi connectivity index (χ0v) is 12.1. The van der Waals surface area contributed by atoms with Crippen molar-refractivity contribution in [1.29, 1.82) is 0 Å². The van der Waals surface area contributed by atoms with Gasteiger partial charge in [-0.2, -0.15) is 0 Å². The van der Waals surface area contributed by atoms with E-state index in [1.54, 1.807) is 0 Å². The van der Waals surface area contributed by atoms with Crippen molar-refractivity contribution >= 4 is 16.5 Å². The molecule has 0 unspecified atom stereocenters. The first kappa shape index (κ1) is 12.8. The lowest BCUT2D eigenvalue weighted by Crippen LogP contribution is -2.30. The van der Waals surface area contributed by atoms with Gasteiger partial charge < -0.3 is 10.2 Å². The fourth-order valence-electron chi connectivity index (χ4n) is 1.95. The van der Waals surface area contributed by atoms with Crippen molar-refractivity contribution in [2.75, 3.05) is 11.4 Å². The van der Waals surface area contributed by atoms with Crippen molar-refractivity contribution in [3.63, 3.8) is 0 Å². The number of thiazole rings is 1. The monoisotopic (exact) mass is 253 g/mol. The van der Waals surface area contributed by atoms with Crippen LogP contribution in [0.1, 0.15) is 44.2 Å². The molecule has 1 heterocycles. The Morgan fingerprint density at radius 2 is 2.18 bits per heavy atom. The second-order valence-corrected chi connectivity index (χ2v) is 6.10. The summed E-state index contributed by atoms with van der Waals surface area (Å²) in [4.78, 5) is 8.46. The van der Waals surface area contributed by atoms with Gasteiger partial charge >= 0.3 is 0 Å². The van der Waals surface area contributed by atoms with E-state index >= 15 is 0 Å². The molecular weight excluding hydrogens is 230 g/mol. The third kappa shape index (κ3) is 3.19. The van der Waals surface area contributed by atoms with Crippen molar-refractivity contribution in [2.45, 2.75) is 59.2 Å². The van der Waals surface area contributed by atoms with Crippen LogP contribution in [0.15, 0.2) is 0 Å². The summed E-state index contributed by atoms with van der Waals surface area (Å²) in [6.07, 6.45) is 2.69. The first-order chi connectivity index (χ1) is 8.11. The molecule has 1 N–H and O–H groups in total. The van der Waals surface area contributed by atoms with Gasteiger partial charge in [-0.15, -0.1) is 11.3 Å². The smallest absolute Gasteiger partial charge is 0.186 e. The summed E-state index contributed by atoms with van der Waals surface area (Å²) >= 11 is 1.84. The molecule has 4 heteroatoms. The molecule has 0 saturated heterocycles. The van der Waals surface area contributed by atoms with E-state index in [-0.39, 0.29) is 0 Å². The van der Waals surface area contributed by atoms with E-state index < -0.39 is 0 Å². The lowest BCUT2D eigenvalue weighted by molar-refractivity contribution is 0.690. The van der Waals surface area contributed by atoms with E-state index in [1.165, 1.54) is 28.5 Å². The molecule has 1 aromatic heterocycles. The number of nitrogens with one attached hydrogen (secondary N) is 1. The van der Waals surface area contributed by atoms with Gasteiger partial charge in [0.15, 0.2) is 5.13 Å². The normalized spacial score (nSPS) is 15.6. The fourth-order valence-corrected chi connectivity index (χ4v) is 3.15. The van der Waals surface area contributed by atoms with Gasteiger partial charge in [-0.3, -0.25) is 0 Å². The minimum atomic E-state index is 0.523. The minimum absolute atomic E-state index is 0.523. The quantitative estimate of drug-likeness (QED) is 0.845. The van der Waals surface area contributed by atoms with Crippen molar-refractivity contribution in [3.05, 3.63) is 10.6 Å². The van der Waals surface area contributed by atoms with Crippen molar-refractivity contribution in [3.8, 4) is 0 Å². The highest BCUT2D eigenvalue weighted by Crippen LogP contribution is 2.28. The topological polar surface area (TPSA) is 28.2 Å². The number of hydrogen-bond donors (Lipinski definition) is 1. The number of anilines is 1. The molecule has 1 saturated carbocycles. The van der Waals surface area contributed by atoms with Gasteiger partial charge in [0.05, 0.1) is 5.69 Å². The van der Waals surface area contributed by atoms with Crippen LogP contribution in [-0.4, -0.2) is 23.6 Å². The molecule has 0 aromatic carbocycles. The van der Waals surface area contributed by atoms with E-state index in [2.05, 4.69) is 37.9 Å². The number of aromatic nitrogens is 1. The van der Waals surface area contributed by atoms with Crippen LogP contribution >= 0.6 is 11.3 Å². The molecule has 1 fully saturated rings. The van der Waals surface area contributed by atoms with Crippen LogP contribution in [0, 0.1) is 6.92 Å². The molecule has 96 valence electrons. The van der Waals surface area contributed by atoms with Crippen LogP contribution in [0.2, 0.25) is 0 Å². The van der Waals surface area contributed by atoms with Crippen LogP contribution in [0.5, 0.6) is 0 Å². The summed E-state index contributed by atoms with van der Waals surface area (Å²) in [5.74, 6) is 0. The number of hydrogen-bond acceptors (Lipinski definition) is 4. The number of nitrogens with zero attached hydrogens (tertiary/aromatic N) is 2. The van der Waals surface area contributed by atoms with Crippen molar-refractivity contribution in [1.82, 2.24) is 10.3 Å². The van der Waals surface area contributed by atoms with Gasteiger partial charge in [0.2, 0.25) is 0 Å². The molecule has 0 spiro atoms. The summed E-state index contributed by atoms with van der Waals surface area (Å²) in [7, 11) is 0. The Bertz CT molecular complexity index is 369. The summed E-state index contributed by atoms with van der Waals surface area (Å²) < 4.78 is 0. The Hall–Kier alpha value is -0.610. The zero-order chi connectivity index (χ0) is 12.4. The summed E-state index contributed by atoms with van der Waals surface area (Å²) in [6.45, 7) is 10.8. The highest BCUT2D eigenvalue weighted by Gasteiger charge is 2.21. The highest BCUT2D eigenvalue weighted by molar-refractivity contribution is 7.15. The van der Waals surface area contributed by atoms with Crippen molar-refractivity contribution < 1.29 is 0 Å². The first-order valence-electron chi connectivity index (χ1n) is 6.58. The van der Waals surface area contributed by atoms with Crippen LogP contribution < -0.4 is 10.2 Å². The molecule has 1 aromatic rings. The molecule has 1 aliphatic carbocycles. The third-order valence-electron chi connectivity index (χ3n) is 3.22. The van der Waals surface area contributed by atoms with E-state index in [4.69, 9.17) is 4.98 Å². The molecule has 2 rings (SSSR count). The molecule has 0 amide bonds. The van der Waals surface area contributed by atoms with Crippen LogP contribution in [0.4, 0.5) is 5.13 Å². The Kier molecular flexibility index (Phi) is 4.05. The Labute approximate surface area is 108 Å². The maximum Gasteiger partial charge on any atom is 0.186 e. The SMILES string of the molecule is CCN(c1nc(C)c(CNC2CC2)s1)C(C)C. The van der Waals surface area contributed by atoms with Gasteiger partial charge in [-0.1, -0.05) is 0 Å². The molecule has 3 nitrogen and oxygen atoms in total. The third-order valence-corrected chi connectivity index (χ3v) is 4.41. The average molecular weight is 253 g/mol. The second-order valence-electron chi connectivity index (χ2n) is 5.04. The Morgan fingerprint density at radius 3 is 2.71 bits per heavy atom. The summed E-state index contributed by atoms with van der Waals surface area (Å²) in [5.41, 5.74) is 1.19. The van der Waals surface area contributed by atoms with E-state index in [0.29, 0.717) is 6.04 Å². The summed E-state index contributed by atoms with van der Waals surface area (Å²) in [5, 5.41) is 4.74. The number of aryl methyl sites for hydroxylation is 1. The molecular formula is C13H23N3S. The van der Waals surface area contributed by atoms with Crippen molar-refractivity contribution in [2.24, 2.45) is 0 Å². The van der Waals surface area contributed by atoms with Crippen LogP contribution in [-0.2, 0) is 6.54 Å². The molecule has 1 aliphatic rings. The maximum atomic E-state index is 4.71. The fraction of sp³-hybridized carbons (Fsp3) is 0.769. The van der Waals surface area contributed by atoms with Gasteiger partial charge in [-0.05, 0) is 40.5 Å². The van der Waals surface area contributed by atoms with E-state index in [0.717, 1.165) is 19.1 Å². The predicted molar refractivity (Wildman–Crippen MR) is 74.9 cm³/mol. The van der Waals surface area contributed by atoms with Crippen LogP contribution in [0.3, 0.4) is 0 Å². The lowest BCUT2D eigenvalue weighted by Gasteiger charge is -2.24. The predicted octanol–water partition coefficient (Wildman–Crippen LogP) is 2.94. The second kappa shape index (κ2) is 5.36. The Morgan fingerprint density at radius 1 is 1.47 bits per heavy atom. The average Bonchev–Trinajstić information content (AvgIpc) is 3.02. The van der Waals surface area contributed by atoms with E-state index in [9.17, 15) is 0 Å². The standard InChI is InChI=1S/C13H23N3S/c1-5-16(9(2)3)13-15-10(4)12(17-13)8-14-11-6-7-11/h9,11,14H,5-8H2,1-4H3. The minimum Gasteiger partial charge on any atom is -0.346 e. The molecule has 17 heavy (non-hydrogen) atoms.